The van der Waals surface area contributed by atoms with Gasteiger partial charge in [-0.15, -0.1) is 6.58 Å². The second kappa shape index (κ2) is 7.47. The Labute approximate surface area is 124 Å². The van der Waals surface area contributed by atoms with Gasteiger partial charge in [-0.1, -0.05) is 18.2 Å². The lowest BCUT2D eigenvalue weighted by Crippen LogP contribution is -2.34. The Morgan fingerprint density at radius 3 is 2.71 bits per heavy atom. The van der Waals surface area contributed by atoms with Crippen molar-refractivity contribution in [3.05, 3.63) is 42.5 Å². The molecule has 0 bridgehead atoms. The highest BCUT2D eigenvalue weighted by atomic mass is 16.6. The maximum Gasteiger partial charge on any atom is 0.408 e. The molecule has 5 nitrogen and oxygen atoms in total. The van der Waals surface area contributed by atoms with E-state index < -0.39 is 17.7 Å². The van der Waals surface area contributed by atoms with Gasteiger partial charge in [-0.3, -0.25) is 4.79 Å². The number of alkyl carbamates (subject to hydrolysis) is 1. The van der Waals surface area contributed by atoms with Crippen molar-refractivity contribution in [1.29, 1.82) is 0 Å². The van der Waals surface area contributed by atoms with E-state index in [4.69, 9.17) is 9.47 Å². The average Bonchev–Trinajstić information content (AvgIpc) is 2.41. The van der Waals surface area contributed by atoms with E-state index in [0.717, 1.165) is 5.56 Å². The fourth-order valence-corrected chi connectivity index (χ4v) is 1.64. The van der Waals surface area contributed by atoms with Gasteiger partial charge in [0.15, 0.2) is 6.29 Å². The average molecular weight is 291 g/mol. The number of nitrogens with one attached hydrogen (secondary N) is 1. The minimum absolute atomic E-state index is 0.0122. The van der Waals surface area contributed by atoms with Crippen molar-refractivity contribution in [1.82, 2.24) is 5.32 Å². The summed E-state index contributed by atoms with van der Waals surface area (Å²) in [5, 5.41) is 2.72. The summed E-state index contributed by atoms with van der Waals surface area (Å²) in [7, 11) is 0. The molecule has 0 radical (unpaired) electrons. The van der Waals surface area contributed by atoms with Crippen molar-refractivity contribution in [2.45, 2.75) is 32.4 Å². The van der Waals surface area contributed by atoms with E-state index >= 15 is 0 Å². The monoisotopic (exact) mass is 291 g/mol. The predicted octanol–water partition coefficient (Wildman–Crippen LogP) is 3.02. The minimum atomic E-state index is -0.565. The van der Waals surface area contributed by atoms with Crippen LogP contribution in [0.1, 0.15) is 32.4 Å². The van der Waals surface area contributed by atoms with Crippen molar-refractivity contribution >= 4 is 12.4 Å². The van der Waals surface area contributed by atoms with Crippen molar-refractivity contribution in [2.24, 2.45) is 0 Å². The van der Waals surface area contributed by atoms with Crippen LogP contribution in [0.2, 0.25) is 0 Å². The van der Waals surface area contributed by atoms with Gasteiger partial charge < -0.3 is 14.8 Å². The lowest BCUT2D eigenvalue weighted by atomic mass is 10.1. The molecule has 0 aliphatic rings. The third-order valence-electron chi connectivity index (χ3n) is 2.44. The zero-order valence-corrected chi connectivity index (χ0v) is 12.6. The van der Waals surface area contributed by atoms with E-state index in [-0.39, 0.29) is 6.61 Å². The molecule has 1 amide bonds. The van der Waals surface area contributed by atoms with Gasteiger partial charge in [0.05, 0.1) is 6.04 Å². The number of carbonyl (C=O) groups excluding carboxylic acids is 2. The molecule has 5 heteroatoms. The Kier molecular flexibility index (Phi) is 5.96. The van der Waals surface area contributed by atoms with Crippen LogP contribution in [0.25, 0.3) is 0 Å². The number of rotatable bonds is 6. The Balaban J connectivity index is 2.77. The topological polar surface area (TPSA) is 64.6 Å². The number of benzene rings is 1. The standard InChI is InChI=1S/C16H21NO4/c1-5-14(17-15(19)21-16(2,3)4)12-7-6-8-13(11-12)20-10-9-18/h5-9,11,14H,1,10H2,2-4H3,(H,17,19)/t14-/m1/s1. The van der Waals surface area contributed by atoms with E-state index in [1.54, 1.807) is 45.0 Å². The third-order valence-corrected chi connectivity index (χ3v) is 2.44. The molecule has 0 unspecified atom stereocenters. The van der Waals surface area contributed by atoms with Gasteiger partial charge in [0.25, 0.3) is 0 Å². The van der Waals surface area contributed by atoms with Crippen LogP contribution >= 0.6 is 0 Å². The molecule has 0 saturated carbocycles. The Morgan fingerprint density at radius 1 is 1.43 bits per heavy atom. The first-order valence-electron chi connectivity index (χ1n) is 6.64. The van der Waals surface area contributed by atoms with Crippen LogP contribution in [0.5, 0.6) is 5.75 Å². The van der Waals surface area contributed by atoms with Crippen LogP contribution < -0.4 is 10.1 Å². The molecule has 1 aromatic carbocycles. The fourth-order valence-electron chi connectivity index (χ4n) is 1.64. The van der Waals surface area contributed by atoms with Gasteiger partial charge in [-0.05, 0) is 38.5 Å². The Bertz CT molecular complexity index is 505. The molecule has 1 aromatic rings. The molecular weight excluding hydrogens is 270 g/mol. The number of aldehydes is 1. The van der Waals surface area contributed by atoms with Crippen molar-refractivity contribution in [3.63, 3.8) is 0 Å². The number of carbonyl (C=O) groups is 2. The fraction of sp³-hybridized carbons (Fsp3) is 0.375. The smallest absolute Gasteiger partial charge is 0.408 e. The zero-order chi connectivity index (χ0) is 15.9. The number of amides is 1. The van der Waals surface area contributed by atoms with Crippen LogP contribution in [0.15, 0.2) is 36.9 Å². The van der Waals surface area contributed by atoms with Crippen LogP contribution in [0.4, 0.5) is 4.79 Å². The summed E-state index contributed by atoms with van der Waals surface area (Å²) in [6.07, 6.45) is 1.76. The quantitative estimate of drug-likeness (QED) is 0.646. The van der Waals surface area contributed by atoms with Crippen molar-refractivity contribution in [2.75, 3.05) is 6.61 Å². The van der Waals surface area contributed by atoms with Gasteiger partial charge in [0.1, 0.15) is 18.0 Å². The van der Waals surface area contributed by atoms with E-state index in [9.17, 15) is 9.59 Å². The van der Waals surface area contributed by atoms with Crippen molar-refractivity contribution < 1.29 is 19.1 Å². The SMILES string of the molecule is C=C[C@@H](NC(=O)OC(C)(C)C)c1cccc(OCC=O)c1. The Morgan fingerprint density at radius 2 is 2.14 bits per heavy atom. The largest absolute Gasteiger partial charge is 0.486 e. The molecule has 0 aromatic heterocycles. The van der Waals surface area contributed by atoms with Gasteiger partial charge >= 0.3 is 6.09 Å². The molecule has 0 spiro atoms. The van der Waals surface area contributed by atoms with Gasteiger partial charge in [-0.25, -0.2) is 4.79 Å². The normalized spacial score (nSPS) is 12.1. The second-order valence-electron chi connectivity index (χ2n) is 5.41. The summed E-state index contributed by atoms with van der Waals surface area (Å²) in [4.78, 5) is 22.1. The predicted molar refractivity (Wildman–Crippen MR) is 80.3 cm³/mol. The molecule has 0 fully saturated rings. The highest BCUT2D eigenvalue weighted by Gasteiger charge is 2.19. The van der Waals surface area contributed by atoms with E-state index in [1.165, 1.54) is 0 Å². The molecule has 1 N–H and O–H groups in total. The van der Waals surface area contributed by atoms with Crippen molar-refractivity contribution in [3.8, 4) is 5.75 Å². The van der Waals surface area contributed by atoms with Crippen LogP contribution in [-0.4, -0.2) is 24.6 Å². The number of hydrogen-bond acceptors (Lipinski definition) is 4. The third kappa shape index (κ3) is 6.12. The summed E-state index contributed by atoms with van der Waals surface area (Å²) in [5.74, 6) is 0.553. The van der Waals surface area contributed by atoms with E-state index in [0.29, 0.717) is 12.0 Å². The summed E-state index contributed by atoms with van der Waals surface area (Å²) >= 11 is 0. The molecule has 0 heterocycles. The summed E-state index contributed by atoms with van der Waals surface area (Å²) in [6, 6.07) is 6.69. The van der Waals surface area contributed by atoms with Gasteiger partial charge in [0, 0.05) is 0 Å². The van der Waals surface area contributed by atoms with Gasteiger partial charge in [-0.2, -0.15) is 0 Å². The molecule has 21 heavy (non-hydrogen) atoms. The highest BCUT2D eigenvalue weighted by molar-refractivity contribution is 5.68. The molecule has 0 saturated heterocycles. The first-order valence-corrected chi connectivity index (χ1v) is 6.64. The maximum absolute atomic E-state index is 11.8. The first kappa shape index (κ1) is 16.8. The lowest BCUT2D eigenvalue weighted by Gasteiger charge is -2.22. The molecule has 0 aliphatic carbocycles. The van der Waals surface area contributed by atoms with E-state index in [1.807, 2.05) is 6.07 Å². The summed E-state index contributed by atoms with van der Waals surface area (Å²) in [5.41, 5.74) is 0.226. The molecule has 0 aliphatic heterocycles. The highest BCUT2D eigenvalue weighted by Crippen LogP contribution is 2.20. The second-order valence-corrected chi connectivity index (χ2v) is 5.41. The number of ether oxygens (including phenoxy) is 2. The lowest BCUT2D eigenvalue weighted by molar-refractivity contribution is -0.109. The molecule has 114 valence electrons. The Hall–Kier alpha value is -2.30. The summed E-state index contributed by atoms with van der Waals surface area (Å²) < 4.78 is 10.4. The van der Waals surface area contributed by atoms with Crippen LogP contribution in [0, 0.1) is 0 Å². The number of hydrogen-bond donors (Lipinski definition) is 1. The van der Waals surface area contributed by atoms with Crippen LogP contribution in [0.3, 0.4) is 0 Å². The molecule has 1 atom stereocenters. The maximum atomic E-state index is 11.8. The first-order chi connectivity index (χ1) is 9.85. The minimum Gasteiger partial charge on any atom is -0.486 e. The van der Waals surface area contributed by atoms with Gasteiger partial charge in [0.2, 0.25) is 0 Å². The van der Waals surface area contributed by atoms with Crippen LogP contribution in [-0.2, 0) is 9.53 Å². The molecule has 1 rings (SSSR count). The molecular formula is C16H21NO4. The zero-order valence-electron chi connectivity index (χ0n) is 12.6. The van der Waals surface area contributed by atoms with E-state index in [2.05, 4.69) is 11.9 Å². The summed E-state index contributed by atoms with van der Waals surface area (Å²) in [6.45, 7) is 9.08.